The fraction of sp³-hybridized carbons (Fsp3) is 0.600. The summed E-state index contributed by atoms with van der Waals surface area (Å²) in [5.74, 6) is 0. The lowest BCUT2D eigenvalue weighted by molar-refractivity contribution is 0.474. The molecule has 1 aromatic rings. The summed E-state index contributed by atoms with van der Waals surface area (Å²) >= 11 is 1.87. The van der Waals surface area contributed by atoms with E-state index in [0.29, 0.717) is 28.4 Å². The monoisotopic (exact) mass is 328 g/mol. The van der Waals surface area contributed by atoms with Gasteiger partial charge in [-0.1, -0.05) is 31.9 Å². The van der Waals surface area contributed by atoms with Gasteiger partial charge in [-0.3, -0.25) is 0 Å². The molecule has 1 fully saturated rings. The first-order valence-corrected chi connectivity index (χ1v) is 10.2. The van der Waals surface area contributed by atoms with Crippen molar-refractivity contribution in [3.05, 3.63) is 24.3 Å². The van der Waals surface area contributed by atoms with Gasteiger partial charge in [-0.15, -0.1) is 0 Å². The molecule has 4 nitrogen and oxygen atoms in total. The highest BCUT2D eigenvalue weighted by Gasteiger charge is 2.26. The van der Waals surface area contributed by atoms with Crippen LogP contribution in [0.5, 0.6) is 0 Å². The van der Waals surface area contributed by atoms with Crippen molar-refractivity contribution < 1.29 is 8.42 Å². The molecule has 118 valence electrons. The van der Waals surface area contributed by atoms with E-state index in [1.54, 1.807) is 19.1 Å². The van der Waals surface area contributed by atoms with E-state index in [2.05, 4.69) is 16.3 Å². The molecule has 0 aromatic heterocycles. The predicted molar refractivity (Wildman–Crippen MR) is 90.5 cm³/mol. The molecule has 0 amide bonds. The van der Waals surface area contributed by atoms with E-state index < -0.39 is 10.0 Å². The normalized spacial score (nSPS) is 23.0. The lowest BCUT2D eigenvalue weighted by Gasteiger charge is -2.32. The molecule has 0 heterocycles. The molecule has 1 aromatic carbocycles. The Morgan fingerprint density at radius 1 is 1.24 bits per heavy atom. The van der Waals surface area contributed by atoms with Crippen molar-refractivity contribution in [1.29, 1.82) is 0 Å². The summed E-state index contributed by atoms with van der Waals surface area (Å²) < 4.78 is 27.1. The van der Waals surface area contributed by atoms with Crippen molar-refractivity contribution in [2.75, 3.05) is 18.1 Å². The number of para-hydroxylation sites is 1. The molecule has 2 rings (SSSR count). The van der Waals surface area contributed by atoms with Crippen LogP contribution in [0, 0.1) is 0 Å². The first-order chi connectivity index (χ1) is 10.1. The molecule has 0 bridgehead atoms. The van der Waals surface area contributed by atoms with E-state index in [4.69, 9.17) is 0 Å². The third kappa shape index (κ3) is 4.14. The smallest absolute Gasteiger partial charge is 0.242 e. The highest BCUT2D eigenvalue weighted by atomic mass is 32.2. The maximum absolute atomic E-state index is 12.3. The minimum absolute atomic E-state index is 0.340. The first kappa shape index (κ1) is 16.6. The van der Waals surface area contributed by atoms with E-state index in [9.17, 15) is 8.42 Å². The van der Waals surface area contributed by atoms with Gasteiger partial charge >= 0.3 is 0 Å². The number of sulfonamides is 1. The van der Waals surface area contributed by atoms with Gasteiger partial charge in [0.2, 0.25) is 10.0 Å². The zero-order valence-corrected chi connectivity index (χ0v) is 14.3. The molecule has 0 aliphatic heterocycles. The van der Waals surface area contributed by atoms with Gasteiger partial charge in [-0.2, -0.15) is 11.8 Å². The molecule has 0 saturated heterocycles. The van der Waals surface area contributed by atoms with Crippen LogP contribution in [0.1, 0.15) is 32.6 Å². The zero-order chi connectivity index (χ0) is 15.3. The second-order valence-electron chi connectivity index (χ2n) is 5.31. The van der Waals surface area contributed by atoms with E-state index in [-0.39, 0.29) is 0 Å². The molecule has 1 aliphatic carbocycles. The van der Waals surface area contributed by atoms with Gasteiger partial charge < -0.3 is 5.32 Å². The number of nitrogens with one attached hydrogen (secondary N) is 2. The second-order valence-corrected chi connectivity index (χ2v) is 8.12. The van der Waals surface area contributed by atoms with Crippen molar-refractivity contribution in [3.8, 4) is 0 Å². The molecule has 1 aliphatic rings. The topological polar surface area (TPSA) is 58.2 Å². The summed E-state index contributed by atoms with van der Waals surface area (Å²) in [5.41, 5.74) is 0.712. The average Bonchev–Trinajstić information content (AvgIpc) is 2.48. The molecule has 2 unspecified atom stereocenters. The lowest BCUT2D eigenvalue weighted by atomic mass is 9.94. The van der Waals surface area contributed by atoms with Crippen LogP contribution >= 0.6 is 11.8 Å². The van der Waals surface area contributed by atoms with E-state index >= 15 is 0 Å². The molecule has 21 heavy (non-hydrogen) atoms. The molecular weight excluding hydrogens is 304 g/mol. The average molecular weight is 329 g/mol. The van der Waals surface area contributed by atoms with Crippen LogP contribution in [0.3, 0.4) is 0 Å². The maximum Gasteiger partial charge on any atom is 0.242 e. The summed E-state index contributed by atoms with van der Waals surface area (Å²) in [4.78, 5) is 0.345. The lowest BCUT2D eigenvalue weighted by Crippen LogP contribution is -2.35. The summed E-state index contributed by atoms with van der Waals surface area (Å²) in [5, 5.41) is 4.02. The van der Waals surface area contributed by atoms with Gasteiger partial charge in [-0.05, 0) is 31.2 Å². The first-order valence-electron chi connectivity index (χ1n) is 7.46. The molecule has 2 N–H and O–H groups in total. The van der Waals surface area contributed by atoms with E-state index in [0.717, 1.165) is 6.42 Å². The van der Waals surface area contributed by atoms with Crippen molar-refractivity contribution in [2.24, 2.45) is 0 Å². The third-order valence-corrected chi connectivity index (χ3v) is 6.63. The molecule has 0 spiro atoms. The van der Waals surface area contributed by atoms with Crippen LogP contribution in [0.4, 0.5) is 5.69 Å². The Morgan fingerprint density at radius 2 is 1.95 bits per heavy atom. The van der Waals surface area contributed by atoms with Crippen LogP contribution in [-0.4, -0.2) is 32.5 Å². The van der Waals surface area contributed by atoms with Gasteiger partial charge in [0, 0.05) is 17.8 Å². The van der Waals surface area contributed by atoms with Gasteiger partial charge in [0.15, 0.2) is 0 Å². The molecule has 6 heteroatoms. The fourth-order valence-electron chi connectivity index (χ4n) is 2.83. The molecule has 1 saturated carbocycles. The van der Waals surface area contributed by atoms with Crippen LogP contribution in [0.15, 0.2) is 29.2 Å². The second kappa shape index (κ2) is 7.51. The van der Waals surface area contributed by atoms with Crippen molar-refractivity contribution in [2.45, 2.75) is 48.8 Å². The van der Waals surface area contributed by atoms with Crippen molar-refractivity contribution >= 4 is 27.5 Å². The van der Waals surface area contributed by atoms with Crippen LogP contribution in [0.25, 0.3) is 0 Å². The molecule has 0 radical (unpaired) electrons. The summed E-state index contributed by atoms with van der Waals surface area (Å²) in [6, 6.07) is 7.51. The summed E-state index contributed by atoms with van der Waals surface area (Å²) in [6.07, 6.45) is 6.89. The Kier molecular flexibility index (Phi) is 5.96. The number of anilines is 1. The Bertz CT molecular complexity index is 561. The number of hydrogen-bond donors (Lipinski definition) is 2. The summed E-state index contributed by atoms with van der Waals surface area (Å²) in [6.45, 7) is 2.19. The highest BCUT2D eigenvalue weighted by Crippen LogP contribution is 2.31. The minimum Gasteiger partial charge on any atom is -0.380 e. The van der Waals surface area contributed by atoms with Gasteiger partial charge in [-0.25, -0.2) is 13.1 Å². The highest BCUT2D eigenvalue weighted by molar-refractivity contribution is 7.99. The Labute approximate surface area is 132 Å². The number of hydrogen-bond acceptors (Lipinski definition) is 4. The van der Waals surface area contributed by atoms with E-state index in [1.165, 1.54) is 19.3 Å². The molecule has 2 atom stereocenters. The third-order valence-electron chi connectivity index (χ3n) is 3.86. The Morgan fingerprint density at radius 3 is 2.67 bits per heavy atom. The minimum atomic E-state index is -3.44. The van der Waals surface area contributed by atoms with Gasteiger partial charge in [0.25, 0.3) is 0 Å². The van der Waals surface area contributed by atoms with Crippen LogP contribution < -0.4 is 10.0 Å². The zero-order valence-electron chi connectivity index (χ0n) is 12.6. The van der Waals surface area contributed by atoms with Crippen molar-refractivity contribution in [3.63, 3.8) is 0 Å². The number of benzene rings is 1. The van der Waals surface area contributed by atoms with Gasteiger partial charge in [0.05, 0.1) is 5.69 Å². The predicted octanol–water partition coefficient (Wildman–Crippen LogP) is 3.07. The standard InChI is InChI=1S/C15H24N2O2S2/c1-3-16-21(18,19)15-11-7-5-9-13(15)17-12-8-4-6-10-14(12)20-2/h5,7,9,11-12,14,16-17H,3-4,6,8,10H2,1-2H3. The van der Waals surface area contributed by atoms with E-state index in [1.807, 2.05) is 23.9 Å². The van der Waals surface area contributed by atoms with Crippen molar-refractivity contribution in [1.82, 2.24) is 4.72 Å². The largest absolute Gasteiger partial charge is 0.380 e. The quantitative estimate of drug-likeness (QED) is 0.842. The Balaban J connectivity index is 2.24. The van der Waals surface area contributed by atoms with Crippen LogP contribution in [0.2, 0.25) is 0 Å². The summed E-state index contributed by atoms with van der Waals surface area (Å²) in [7, 11) is -3.44. The number of thioether (sulfide) groups is 1. The van der Waals surface area contributed by atoms with Crippen LogP contribution in [-0.2, 0) is 10.0 Å². The van der Waals surface area contributed by atoms with Gasteiger partial charge in [0.1, 0.15) is 4.90 Å². The SMILES string of the molecule is CCNS(=O)(=O)c1ccccc1NC1CCCCC1SC. The molecular formula is C15H24N2O2S2. The Hall–Kier alpha value is -0.720. The number of rotatable bonds is 6. The maximum atomic E-state index is 12.3. The fourth-order valence-corrected chi connectivity index (χ4v) is 4.98.